The third-order valence-electron chi connectivity index (χ3n) is 5.11. The van der Waals surface area contributed by atoms with E-state index in [0.29, 0.717) is 0 Å². The van der Waals surface area contributed by atoms with E-state index in [-0.39, 0.29) is 0 Å². The van der Waals surface area contributed by atoms with Gasteiger partial charge in [-0.2, -0.15) is 0 Å². The van der Waals surface area contributed by atoms with Crippen molar-refractivity contribution in [2.75, 3.05) is 31.1 Å². The van der Waals surface area contributed by atoms with Crippen LogP contribution < -0.4 is 10.2 Å². The van der Waals surface area contributed by atoms with Crippen LogP contribution in [0.2, 0.25) is 0 Å². The lowest BCUT2D eigenvalue weighted by molar-refractivity contribution is 0.582. The van der Waals surface area contributed by atoms with Crippen molar-refractivity contribution in [3.63, 3.8) is 0 Å². The smallest absolute Gasteiger partial charge is 0.154 e. The molecule has 0 amide bonds. The SMILES string of the molecule is c1cc(-c2c(CC3CC3)nc3ccc(N4CCNCC4)nn23)ccn1. The number of imidazole rings is 1. The lowest BCUT2D eigenvalue weighted by atomic mass is 10.1. The summed E-state index contributed by atoms with van der Waals surface area (Å²) < 4.78 is 2.03. The van der Waals surface area contributed by atoms with Gasteiger partial charge in [0.15, 0.2) is 5.65 Å². The minimum Gasteiger partial charge on any atom is -0.353 e. The van der Waals surface area contributed by atoms with Crippen molar-refractivity contribution < 1.29 is 0 Å². The maximum absolute atomic E-state index is 4.96. The molecule has 1 aliphatic carbocycles. The summed E-state index contributed by atoms with van der Waals surface area (Å²) in [6.45, 7) is 4.00. The number of aromatic nitrogens is 4. The Morgan fingerprint density at radius 1 is 1.04 bits per heavy atom. The summed E-state index contributed by atoms with van der Waals surface area (Å²) in [6.07, 6.45) is 7.38. The molecule has 1 N–H and O–H groups in total. The van der Waals surface area contributed by atoms with Gasteiger partial charge in [-0.15, -0.1) is 5.10 Å². The van der Waals surface area contributed by atoms with Crippen molar-refractivity contribution in [3.8, 4) is 11.3 Å². The van der Waals surface area contributed by atoms with Crippen LogP contribution >= 0.6 is 0 Å². The van der Waals surface area contributed by atoms with Gasteiger partial charge in [0.2, 0.25) is 0 Å². The molecule has 25 heavy (non-hydrogen) atoms. The van der Waals surface area contributed by atoms with Crippen LogP contribution in [0.3, 0.4) is 0 Å². The van der Waals surface area contributed by atoms with E-state index in [1.165, 1.54) is 18.5 Å². The highest BCUT2D eigenvalue weighted by Crippen LogP contribution is 2.35. The fourth-order valence-corrected chi connectivity index (χ4v) is 3.57. The third-order valence-corrected chi connectivity index (χ3v) is 5.11. The number of pyridine rings is 1. The van der Waals surface area contributed by atoms with Crippen molar-refractivity contribution in [2.24, 2.45) is 5.92 Å². The number of hydrogen-bond donors (Lipinski definition) is 1. The van der Waals surface area contributed by atoms with Crippen LogP contribution in [0.4, 0.5) is 5.82 Å². The Morgan fingerprint density at radius 3 is 2.60 bits per heavy atom. The Labute approximate surface area is 146 Å². The molecule has 128 valence electrons. The molecule has 4 heterocycles. The molecular weight excluding hydrogens is 312 g/mol. The molecule has 2 aliphatic rings. The molecule has 0 aromatic carbocycles. The largest absolute Gasteiger partial charge is 0.353 e. The van der Waals surface area contributed by atoms with Gasteiger partial charge in [0.1, 0.15) is 5.82 Å². The number of piperazine rings is 1. The maximum atomic E-state index is 4.96. The zero-order valence-electron chi connectivity index (χ0n) is 14.2. The molecular formula is C19H22N6. The van der Waals surface area contributed by atoms with Crippen LogP contribution in [0.1, 0.15) is 18.5 Å². The van der Waals surface area contributed by atoms with Crippen molar-refractivity contribution in [3.05, 3.63) is 42.4 Å². The van der Waals surface area contributed by atoms with Gasteiger partial charge in [0, 0.05) is 44.1 Å². The molecule has 0 unspecified atom stereocenters. The topological polar surface area (TPSA) is 58.4 Å². The standard InChI is InChI=1S/C19H22N6/c1-2-14(1)13-16-19(15-5-7-20-8-6-15)25-17(22-16)3-4-18(23-25)24-11-9-21-10-12-24/h3-8,14,21H,1-2,9-13H2. The quantitative estimate of drug-likeness (QED) is 0.792. The van der Waals surface area contributed by atoms with E-state index in [1.807, 2.05) is 16.9 Å². The van der Waals surface area contributed by atoms with Crippen molar-refractivity contribution in [1.29, 1.82) is 0 Å². The summed E-state index contributed by atoms with van der Waals surface area (Å²) in [5, 5.41) is 8.35. The number of nitrogens with one attached hydrogen (secondary N) is 1. The van der Waals surface area contributed by atoms with Gasteiger partial charge in [-0.25, -0.2) is 9.50 Å². The summed E-state index contributed by atoms with van der Waals surface area (Å²) in [4.78, 5) is 11.4. The molecule has 6 heteroatoms. The zero-order valence-corrected chi connectivity index (χ0v) is 14.2. The second-order valence-corrected chi connectivity index (χ2v) is 6.99. The minimum absolute atomic E-state index is 0.790. The van der Waals surface area contributed by atoms with Gasteiger partial charge in [0.25, 0.3) is 0 Å². The maximum Gasteiger partial charge on any atom is 0.154 e. The molecule has 3 aromatic heterocycles. The van der Waals surface area contributed by atoms with Gasteiger partial charge in [-0.3, -0.25) is 4.98 Å². The van der Waals surface area contributed by atoms with Gasteiger partial charge < -0.3 is 10.2 Å². The summed E-state index contributed by atoms with van der Waals surface area (Å²) in [5.74, 6) is 1.82. The van der Waals surface area contributed by atoms with Gasteiger partial charge >= 0.3 is 0 Å². The van der Waals surface area contributed by atoms with E-state index < -0.39 is 0 Å². The average Bonchev–Trinajstić information content (AvgIpc) is 3.41. The highest BCUT2D eigenvalue weighted by atomic mass is 15.3. The predicted octanol–water partition coefficient (Wildman–Crippen LogP) is 2.15. The summed E-state index contributed by atoms with van der Waals surface area (Å²) in [6, 6.07) is 8.31. The van der Waals surface area contributed by atoms with E-state index in [0.717, 1.165) is 61.2 Å². The Bertz CT molecular complexity index is 878. The number of rotatable bonds is 4. The van der Waals surface area contributed by atoms with E-state index in [4.69, 9.17) is 10.1 Å². The van der Waals surface area contributed by atoms with Crippen LogP contribution in [-0.4, -0.2) is 45.8 Å². The third kappa shape index (κ3) is 2.87. The van der Waals surface area contributed by atoms with Crippen LogP contribution in [0, 0.1) is 5.92 Å². The number of fused-ring (bicyclic) bond motifs is 1. The fraction of sp³-hybridized carbons (Fsp3) is 0.421. The van der Waals surface area contributed by atoms with E-state index in [2.05, 4.69) is 39.5 Å². The molecule has 1 saturated carbocycles. The Kier molecular flexibility index (Phi) is 3.63. The van der Waals surface area contributed by atoms with E-state index >= 15 is 0 Å². The minimum atomic E-state index is 0.790. The first-order valence-electron chi connectivity index (χ1n) is 9.13. The first-order chi connectivity index (χ1) is 12.4. The lowest BCUT2D eigenvalue weighted by Gasteiger charge is -2.28. The molecule has 0 radical (unpaired) electrons. The lowest BCUT2D eigenvalue weighted by Crippen LogP contribution is -2.44. The average molecular weight is 334 g/mol. The Balaban J connectivity index is 1.63. The summed E-state index contributed by atoms with van der Waals surface area (Å²) in [7, 11) is 0. The normalized spacial score (nSPS) is 18.0. The first kappa shape index (κ1) is 14.8. The molecule has 2 fully saturated rings. The van der Waals surface area contributed by atoms with Crippen LogP contribution in [0.15, 0.2) is 36.7 Å². The van der Waals surface area contributed by atoms with Crippen LogP contribution in [0.5, 0.6) is 0 Å². The molecule has 3 aromatic rings. The van der Waals surface area contributed by atoms with E-state index in [9.17, 15) is 0 Å². The molecule has 1 aliphatic heterocycles. The summed E-state index contributed by atoms with van der Waals surface area (Å²) in [5.41, 5.74) is 4.37. The zero-order chi connectivity index (χ0) is 16.6. The van der Waals surface area contributed by atoms with Crippen molar-refractivity contribution >= 4 is 11.5 Å². The van der Waals surface area contributed by atoms with Gasteiger partial charge in [0.05, 0.1) is 11.4 Å². The van der Waals surface area contributed by atoms with Gasteiger partial charge in [-0.1, -0.05) is 0 Å². The molecule has 5 rings (SSSR count). The second kappa shape index (κ2) is 6.11. The Hall–Kier alpha value is -2.47. The monoisotopic (exact) mass is 334 g/mol. The first-order valence-corrected chi connectivity index (χ1v) is 9.13. The Morgan fingerprint density at radius 2 is 1.84 bits per heavy atom. The molecule has 0 spiro atoms. The fourth-order valence-electron chi connectivity index (χ4n) is 3.57. The van der Waals surface area contributed by atoms with Crippen molar-refractivity contribution in [2.45, 2.75) is 19.3 Å². The van der Waals surface area contributed by atoms with Crippen LogP contribution in [0.25, 0.3) is 16.9 Å². The van der Waals surface area contributed by atoms with Crippen molar-refractivity contribution in [1.82, 2.24) is 24.9 Å². The molecule has 1 saturated heterocycles. The van der Waals surface area contributed by atoms with Gasteiger partial charge in [-0.05, 0) is 49.4 Å². The summed E-state index contributed by atoms with van der Waals surface area (Å²) >= 11 is 0. The van der Waals surface area contributed by atoms with Crippen LogP contribution in [-0.2, 0) is 6.42 Å². The predicted molar refractivity (Wildman–Crippen MR) is 97.7 cm³/mol. The number of anilines is 1. The molecule has 0 atom stereocenters. The number of nitrogens with zero attached hydrogens (tertiary/aromatic N) is 5. The second-order valence-electron chi connectivity index (χ2n) is 6.99. The highest BCUT2D eigenvalue weighted by Gasteiger charge is 2.26. The molecule has 0 bridgehead atoms. The van der Waals surface area contributed by atoms with E-state index in [1.54, 1.807) is 0 Å². The molecule has 6 nitrogen and oxygen atoms in total. The highest BCUT2D eigenvalue weighted by molar-refractivity contribution is 5.67. The number of hydrogen-bond acceptors (Lipinski definition) is 5.